The largest absolute Gasteiger partial charge is 0.395 e. The van der Waals surface area contributed by atoms with Crippen molar-refractivity contribution in [1.29, 1.82) is 0 Å². The smallest absolute Gasteiger partial charge is 0.132 e. The van der Waals surface area contributed by atoms with Crippen molar-refractivity contribution in [3.05, 3.63) is 60.5 Å². The monoisotopic (exact) mass is 377 g/mol. The molecule has 0 atom stereocenters. The molecule has 0 amide bonds. The normalized spacial score (nSPS) is 14.1. The highest BCUT2D eigenvalue weighted by Gasteiger charge is 2.23. The number of aliphatic hydroxyl groups excluding tert-OH is 1. The van der Waals surface area contributed by atoms with E-state index in [2.05, 4.69) is 26.3 Å². The molecular formula is C20H23N7O. The number of pyridine rings is 2. The zero-order chi connectivity index (χ0) is 19.7. The van der Waals surface area contributed by atoms with Gasteiger partial charge in [-0.1, -0.05) is 13.8 Å². The first-order valence-corrected chi connectivity index (χ1v) is 9.02. The summed E-state index contributed by atoms with van der Waals surface area (Å²) < 4.78 is 1.76. The van der Waals surface area contributed by atoms with Gasteiger partial charge in [0.1, 0.15) is 11.6 Å². The zero-order valence-electron chi connectivity index (χ0n) is 16.1. The number of hydrazine groups is 1. The van der Waals surface area contributed by atoms with Gasteiger partial charge in [-0.2, -0.15) is 5.10 Å². The molecule has 0 fully saturated rings. The summed E-state index contributed by atoms with van der Waals surface area (Å²) in [6, 6.07) is 5.82. The van der Waals surface area contributed by atoms with Gasteiger partial charge in [-0.25, -0.2) is 4.98 Å². The van der Waals surface area contributed by atoms with Crippen LogP contribution in [0.25, 0.3) is 22.2 Å². The van der Waals surface area contributed by atoms with Gasteiger partial charge < -0.3 is 15.8 Å². The molecule has 0 unspecified atom stereocenters. The van der Waals surface area contributed by atoms with Crippen LogP contribution in [0.5, 0.6) is 0 Å². The Morgan fingerprint density at radius 3 is 2.79 bits per heavy atom. The van der Waals surface area contributed by atoms with E-state index in [1.807, 2.05) is 70.0 Å². The molecule has 1 aliphatic heterocycles. The minimum Gasteiger partial charge on any atom is -0.395 e. The Kier molecular flexibility index (Phi) is 4.48. The van der Waals surface area contributed by atoms with Crippen LogP contribution < -0.4 is 16.2 Å². The summed E-state index contributed by atoms with van der Waals surface area (Å²) in [6.45, 7) is 4.03. The van der Waals surface area contributed by atoms with Crippen LogP contribution >= 0.6 is 0 Å². The fraction of sp³-hybridized carbons (Fsp3) is 0.250. The van der Waals surface area contributed by atoms with Crippen molar-refractivity contribution >= 4 is 16.9 Å². The first-order valence-electron chi connectivity index (χ1n) is 9.02. The lowest BCUT2D eigenvalue weighted by Gasteiger charge is -2.28. The number of hydrogen-bond donors (Lipinski definition) is 4. The van der Waals surface area contributed by atoms with Gasteiger partial charge in [0.15, 0.2) is 0 Å². The lowest BCUT2D eigenvalue weighted by molar-refractivity contribution is 0.192. The molecule has 0 radical (unpaired) electrons. The molecule has 1 aliphatic rings. The minimum absolute atomic E-state index is 0.0569. The molecule has 0 spiro atoms. The van der Waals surface area contributed by atoms with Crippen LogP contribution in [0.3, 0.4) is 0 Å². The summed E-state index contributed by atoms with van der Waals surface area (Å²) in [7, 11) is 1.89. The van der Waals surface area contributed by atoms with Gasteiger partial charge in [0.2, 0.25) is 0 Å². The second-order valence-electron chi connectivity index (χ2n) is 7.46. The Morgan fingerprint density at radius 2 is 2.04 bits per heavy atom. The van der Waals surface area contributed by atoms with Crippen LogP contribution in [0.1, 0.15) is 13.8 Å². The first-order chi connectivity index (χ1) is 13.4. The van der Waals surface area contributed by atoms with E-state index in [0.29, 0.717) is 5.82 Å². The van der Waals surface area contributed by atoms with Crippen LogP contribution in [0.15, 0.2) is 60.5 Å². The van der Waals surface area contributed by atoms with Gasteiger partial charge >= 0.3 is 0 Å². The van der Waals surface area contributed by atoms with Gasteiger partial charge in [0, 0.05) is 42.2 Å². The fourth-order valence-corrected chi connectivity index (χ4v) is 2.92. The van der Waals surface area contributed by atoms with Crippen molar-refractivity contribution in [2.75, 3.05) is 11.9 Å². The van der Waals surface area contributed by atoms with Crippen LogP contribution in [-0.4, -0.2) is 31.5 Å². The van der Waals surface area contributed by atoms with Crippen molar-refractivity contribution in [2.45, 2.75) is 13.8 Å². The van der Waals surface area contributed by atoms with Crippen LogP contribution in [-0.2, 0) is 7.05 Å². The number of nitrogens with zero attached hydrogens (tertiary/aromatic N) is 4. The zero-order valence-corrected chi connectivity index (χ0v) is 16.1. The summed E-state index contributed by atoms with van der Waals surface area (Å²) in [5.74, 6) is 1.45. The average Bonchev–Trinajstić information content (AvgIpc) is 3.14. The molecular weight excluding hydrogens is 354 g/mol. The SMILES string of the molecule is Cn1cc(-c2cnc3ccc(NC4=CC(C(C)(C)CO)=CNN4)nc3c2)cn1. The molecule has 0 aromatic carbocycles. The summed E-state index contributed by atoms with van der Waals surface area (Å²) in [5.41, 5.74) is 10.3. The Bertz CT molecular complexity index is 1080. The highest BCUT2D eigenvalue weighted by molar-refractivity contribution is 5.81. The predicted octanol–water partition coefficient (Wildman–Crippen LogP) is 2.29. The predicted molar refractivity (Wildman–Crippen MR) is 109 cm³/mol. The van der Waals surface area contributed by atoms with E-state index in [4.69, 9.17) is 4.98 Å². The van der Waals surface area contributed by atoms with Crippen molar-refractivity contribution in [1.82, 2.24) is 30.6 Å². The number of anilines is 1. The van der Waals surface area contributed by atoms with E-state index in [0.717, 1.165) is 33.6 Å². The van der Waals surface area contributed by atoms with Gasteiger partial charge in [0.05, 0.1) is 23.8 Å². The van der Waals surface area contributed by atoms with E-state index >= 15 is 0 Å². The van der Waals surface area contributed by atoms with Gasteiger partial charge in [-0.15, -0.1) is 0 Å². The average molecular weight is 377 g/mol. The summed E-state index contributed by atoms with van der Waals surface area (Å²) >= 11 is 0. The number of rotatable bonds is 5. The van der Waals surface area contributed by atoms with E-state index in [9.17, 15) is 5.11 Å². The first kappa shape index (κ1) is 18.0. The van der Waals surface area contributed by atoms with Crippen molar-refractivity contribution in [3.8, 4) is 11.1 Å². The maximum absolute atomic E-state index is 9.60. The van der Waals surface area contributed by atoms with Crippen LogP contribution in [0.2, 0.25) is 0 Å². The van der Waals surface area contributed by atoms with Crippen molar-refractivity contribution in [3.63, 3.8) is 0 Å². The molecule has 8 nitrogen and oxygen atoms in total. The van der Waals surface area contributed by atoms with Crippen molar-refractivity contribution in [2.24, 2.45) is 12.5 Å². The number of nitrogens with one attached hydrogen (secondary N) is 3. The topological polar surface area (TPSA) is 99.9 Å². The number of aliphatic hydroxyl groups is 1. The third kappa shape index (κ3) is 3.54. The molecule has 4 N–H and O–H groups in total. The second-order valence-corrected chi connectivity index (χ2v) is 7.46. The maximum atomic E-state index is 9.60. The van der Waals surface area contributed by atoms with Crippen LogP contribution in [0.4, 0.5) is 5.82 Å². The molecule has 4 rings (SSSR count). The number of fused-ring (bicyclic) bond motifs is 1. The van der Waals surface area contributed by atoms with E-state index in [1.165, 1.54) is 0 Å². The molecule has 28 heavy (non-hydrogen) atoms. The molecule has 144 valence electrons. The summed E-state index contributed by atoms with van der Waals surface area (Å²) in [5, 5.41) is 17.1. The second kappa shape index (κ2) is 6.97. The van der Waals surface area contributed by atoms with Gasteiger partial charge in [-0.05, 0) is 29.8 Å². The molecule has 4 heterocycles. The minimum atomic E-state index is -0.346. The highest BCUT2D eigenvalue weighted by atomic mass is 16.3. The van der Waals surface area contributed by atoms with E-state index in [1.54, 1.807) is 4.68 Å². The maximum Gasteiger partial charge on any atom is 0.132 e. The Hall–Kier alpha value is -3.39. The third-order valence-electron chi connectivity index (χ3n) is 4.75. The molecule has 0 bridgehead atoms. The van der Waals surface area contributed by atoms with Gasteiger partial charge in [0.25, 0.3) is 0 Å². The number of aryl methyl sites for hydroxylation is 1. The lowest BCUT2D eigenvalue weighted by Crippen LogP contribution is -2.36. The third-order valence-corrected chi connectivity index (χ3v) is 4.75. The Morgan fingerprint density at radius 1 is 1.18 bits per heavy atom. The summed E-state index contributed by atoms with van der Waals surface area (Å²) in [4.78, 5) is 9.19. The molecule has 0 aliphatic carbocycles. The van der Waals surface area contributed by atoms with Gasteiger partial charge in [-0.3, -0.25) is 15.1 Å². The fourth-order valence-electron chi connectivity index (χ4n) is 2.92. The van der Waals surface area contributed by atoms with Crippen LogP contribution in [0, 0.1) is 5.41 Å². The number of aromatic nitrogens is 4. The van der Waals surface area contributed by atoms with E-state index < -0.39 is 0 Å². The molecule has 0 saturated carbocycles. The highest BCUT2D eigenvalue weighted by Crippen LogP contribution is 2.28. The standard InChI is InChI=1S/C20H23N7O/c1-20(2,12-28)15-7-19(26-22-10-15)25-18-5-4-16-17(24-18)6-13(8-21-16)14-9-23-27(3)11-14/h4-11,22,26,28H,12H2,1-3H3,(H,24,25). The molecule has 3 aromatic rings. The Labute approximate surface area is 163 Å². The van der Waals surface area contributed by atoms with E-state index in [-0.39, 0.29) is 12.0 Å². The number of allylic oxidation sites excluding steroid dienone is 1. The van der Waals surface area contributed by atoms with Crippen molar-refractivity contribution < 1.29 is 5.11 Å². The Balaban J connectivity index is 1.62. The number of hydrogen-bond acceptors (Lipinski definition) is 7. The quantitative estimate of drug-likeness (QED) is 0.541. The molecule has 3 aromatic heterocycles. The molecule has 0 saturated heterocycles. The summed E-state index contributed by atoms with van der Waals surface area (Å²) in [6.07, 6.45) is 9.40. The lowest BCUT2D eigenvalue weighted by atomic mass is 9.85. The molecule has 8 heteroatoms.